The Labute approximate surface area is 183 Å². The first-order chi connectivity index (χ1) is 15.3. The van der Waals surface area contributed by atoms with E-state index in [9.17, 15) is 13.2 Å². The molecule has 0 fully saturated rings. The molecule has 3 N–H and O–H groups in total. The van der Waals surface area contributed by atoms with Crippen molar-refractivity contribution in [3.63, 3.8) is 0 Å². The Kier molecular flexibility index (Phi) is 5.73. The fraction of sp³-hybridized carbons (Fsp3) is 0.211. The Hall–Kier alpha value is -4.00. The molecule has 32 heavy (non-hydrogen) atoms. The van der Waals surface area contributed by atoms with E-state index in [1.807, 2.05) is 12.1 Å². The number of fused-ring (bicyclic) bond motifs is 1. The van der Waals surface area contributed by atoms with Crippen LogP contribution in [0.4, 0.5) is 17.6 Å². The minimum atomic E-state index is -3.47. The molecule has 0 aliphatic carbocycles. The number of rotatable bonds is 6. The van der Waals surface area contributed by atoms with E-state index in [4.69, 9.17) is 15.2 Å². The van der Waals surface area contributed by atoms with Gasteiger partial charge in [0.1, 0.15) is 11.6 Å². The van der Waals surface area contributed by atoms with Crippen molar-refractivity contribution in [3.05, 3.63) is 54.0 Å². The zero-order valence-electron chi connectivity index (χ0n) is 16.9. The molecule has 0 saturated carbocycles. The zero-order chi connectivity index (χ0) is 22.7. The van der Waals surface area contributed by atoms with E-state index < -0.39 is 16.0 Å². The smallest absolute Gasteiger partial charge is 0.340 e. The number of esters is 1. The molecule has 0 atom stereocenters. The largest absolute Gasteiger partial charge is 0.495 e. The molecule has 2 aliphatic heterocycles. The number of hydrogen-bond donors (Lipinski definition) is 2. The fourth-order valence-corrected chi connectivity index (χ4v) is 3.93. The second kappa shape index (κ2) is 8.63. The molecule has 0 unspecified atom stereocenters. The number of anilines is 3. The van der Waals surface area contributed by atoms with E-state index in [1.165, 1.54) is 18.4 Å². The van der Waals surface area contributed by atoms with Crippen molar-refractivity contribution in [2.75, 3.05) is 30.5 Å². The number of para-hydroxylation sites is 2. The quantitative estimate of drug-likeness (QED) is 0.588. The number of benzene rings is 1. The molecular weight excluding hydrogens is 438 g/mol. The molecule has 1 aromatic heterocycles. The van der Waals surface area contributed by atoms with Crippen molar-refractivity contribution in [1.82, 2.24) is 19.9 Å². The lowest BCUT2D eigenvalue weighted by Gasteiger charge is -2.26. The number of hydrogen-bond acceptors (Lipinski definition) is 11. The molecule has 0 saturated heterocycles. The van der Waals surface area contributed by atoms with Gasteiger partial charge in [-0.15, -0.1) is 4.40 Å². The highest BCUT2D eigenvalue weighted by molar-refractivity contribution is 7.90. The summed E-state index contributed by atoms with van der Waals surface area (Å²) >= 11 is 0. The summed E-state index contributed by atoms with van der Waals surface area (Å²) in [6.07, 6.45) is 4.38. The summed E-state index contributed by atoms with van der Waals surface area (Å²) in [5, 5.41) is 2.99. The van der Waals surface area contributed by atoms with Crippen molar-refractivity contribution >= 4 is 39.4 Å². The average molecular weight is 457 g/mol. The minimum absolute atomic E-state index is 0.0457. The fourth-order valence-electron chi connectivity index (χ4n) is 2.96. The maximum absolute atomic E-state index is 12.5. The van der Waals surface area contributed by atoms with Gasteiger partial charge in [0.25, 0.3) is 10.0 Å². The number of nitrogens with two attached hydrogens (primary N) is 1. The monoisotopic (exact) mass is 457 g/mol. The Morgan fingerprint density at radius 1 is 1.22 bits per heavy atom. The van der Waals surface area contributed by atoms with Gasteiger partial charge >= 0.3 is 5.97 Å². The number of carbonyl (C=O) groups is 1. The summed E-state index contributed by atoms with van der Waals surface area (Å²) in [5.41, 5.74) is 6.62. The van der Waals surface area contributed by atoms with Crippen molar-refractivity contribution in [3.8, 4) is 5.75 Å². The first-order valence-corrected chi connectivity index (χ1v) is 11.0. The molecule has 12 nitrogen and oxygen atoms in total. The summed E-state index contributed by atoms with van der Waals surface area (Å²) in [5.74, 6) is 0.349. The van der Waals surface area contributed by atoms with E-state index >= 15 is 0 Å². The van der Waals surface area contributed by atoms with Gasteiger partial charge in [0, 0.05) is 12.7 Å². The van der Waals surface area contributed by atoms with E-state index in [0.29, 0.717) is 11.4 Å². The molecule has 166 valence electrons. The maximum atomic E-state index is 12.5. The van der Waals surface area contributed by atoms with Gasteiger partial charge in [-0.1, -0.05) is 12.1 Å². The molecule has 0 amide bonds. The third-order valence-corrected chi connectivity index (χ3v) is 5.61. The molecule has 1 aromatic carbocycles. The van der Waals surface area contributed by atoms with Crippen LogP contribution in [0.5, 0.6) is 5.75 Å². The van der Waals surface area contributed by atoms with Crippen LogP contribution < -0.4 is 15.8 Å². The van der Waals surface area contributed by atoms with Crippen molar-refractivity contribution < 1.29 is 22.7 Å². The third-order valence-electron chi connectivity index (χ3n) is 4.44. The van der Waals surface area contributed by atoms with Crippen LogP contribution in [0.25, 0.3) is 0 Å². The van der Waals surface area contributed by atoms with Gasteiger partial charge in [-0.2, -0.15) is 15.0 Å². The first kappa shape index (κ1) is 21.2. The van der Waals surface area contributed by atoms with Gasteiger partial charge in [-0.3, -0.25) is 0 Å². The molecule has 4 rings (SSSR count). The number of sulfonamides is 1. The topological polar surface area (TPSA) is 162 Å². The standard InChI is InChI=1S/C19H19N7O5S/c1-30-14-5-3-2-4-13(14)21-19-23-15(22-18(20)24-19)11-31-17(27)12-6-7-16-25-32(28,29)9-8-26(16)10-12/h2-7,10H,8-9,11H2,1H3,(H3,20,21,22,23,24). The lowest BCUT2D eigenvalue weighted by atomic mass is 10.2. The number of ether oxygens (including phenoxy) is 2. The normalized spacial score (nSPS) is 16.5. The van der Waals surface area contributed by atoms with Gasteiger partial charge in [-0.05, 0) is 24.3 Å². The summed E-state index contributed by atoms with van der Waals surface area (Å²) in [6.45, 7) is -0.0447. The highest BCUT2D eigenvalue weighted by atomic mass is 32.2. The van der Waals surface area contributed by atoms with Gasteiger partial charge in [0.2, 0.25) is 11.9 Å². The Bertz CT molecular complexity index is 1260. The molecule has 2 aromatic rings. The molecule has 0 bridgehead atoms. The number of nitrogen functional groups attached to an aromatic ring is 1. The number of nitrogens with one attached hydrogen (secondary N) is 1. The minimum Gasteiger partial charge on any atom is -0.495 e. The Morgan fingerprint density at radius 3 is 2.84 bits per heavy atom. The number of carbonyl (C=O) groups excluding carboxylic acids is 1. The average Bonchev–Trinajstić information content (AvgIpc) is 2.76. The van der Waals surface area contributed by atoms with E-state index in [-0.39, 0.29) is 48.0 Å². The van der Waals surface area contributed by atoms with Crippen molar-refractivity contribution in [2.24, 2.45) is 4.40 Å². The number of aromatic nitrogens is 3. The summed E-state index contributed by atoms with van der Waals surface area (Å²) < 4.78 is 37.4. The first-order valence-electron chi connectivity index (χ1n) is 9.40. The van der Waals surface area contributed by atoms with Crippen LogP contribution >= 0.6 is 0 Å². The SMILES string of the molecule is COc1ccccc1Nc1nc(N)nc(COC(=O)C2=CN3CCS(=O)(=O)N=C3C=C2)n1. The summed E-state index contributed by atoms with van der Waals surface area (Å²) in [7, 11) is -1.93. The van der Waals surface area contributed by atoms with Crippen LogP contribution in [0.3, 0.4) is 0 Å². The lowest BCUT2D eigenvalue weighted by Crippen LogP contribution is -2.37. The van der Waals surface area contributed by atoms with Gasteiger partial charge in [-0.25, -0.2) is 13.2 Å². The molecular formula is C19H19N7O5S. The molecule has 0 radical (unpaired) electrons. The van der Waals surface area contributed by atoms with E-state index in [0.717, 1.165) is 0 Å². The van der Waals surface area contributed by atoms with Gasteiger partial charge in [0.05, 0.1) is 24.1 Å². The molecule has 3 heterocycles. The van der Waals surface area contributed by atoms with Crippen LogP contribution in [0.15, 0.2) is 52.6 Å². The highest BCUT2D eigenvalue weighted by Crippen LogP contribution is 2.25. The van der Waals surface area contributed by atoms with Gasteiger partial charge in [0.15, 0.2) is 12.4 Å². The van der Waals surface area contributed by atoms with Crippen molar-refractivity contribution in [2.45, 2.75) is 6.61 Å². The van der Waals surface area contributed by atoms with Crippen LogP contribution in [-0.2, 0) is 26.2 Å². The molecule has 0 spiro atoms. The maximum Gasteiger partial charge on any atom is 0.340 e. The Balaban J connectivity index is 1.44. The van der Waals surface area contributed by atoms with Gasteiger partial charge < -0.3 is 25.4 Å². The zero-order valence-corrected chi connectivity index (χ0v) is 17.7. The number of methoxy groups -OCH3 is 1. The molecule has 13 heteroatoms. The second-order valence-electron chi connectivity index (χ2n) is 6.68. The van der Waals surface area contributed by atoms with Crippen LogP contribution in [0.1, 0.15) is 5.82 Å². The Morgan fingerprint density at radius 2 is 2.03 bits per heavy atom. The third kappa shape index (κ3) is 4.83. The highest BCUT2D eigenvalue weighted by Gasteiger charge is 2.25. The van der Waals surface area contributed by atoms with E-state index in [1.54, 1.807) is 24.1 Å². The predicted molar refractivity (Wildman–Crippen MR) is 115 cm³/mol. The van der Waals surface area contributed by atoms with Crippen LogP contribution in [-0.4, -0.2) is 59.5 Å². The van der Waals surface area contributed by atoms with E-state index in [2.05, 4.69) is 24.7 Å². The number of nitrogens with zero attached hydrogens (tertiary/aromatic N) is 5. The predicted octanol–water partition coefficient (Wildman–Crippen LogP) is 0.747. The van der Waals surface area contributed by atoms with Crippen LogP contribution in [0, 0.1) is 0 Å². The summed E-state index contributed by atoms with van der Waals surface area (Å²) in [6, 6.07) is 7.19. The van der Waals surface area contributed by atoms with Crippen LogP contribution in [0.2, 0.25) is 0 Å². The van der Waals surface area contributed by atoms with Crippen molar-refractivity contribution in [1.29, 1.82) is 0 Å². The molecule has 2 aliphatic rings. The number of amidine groups is 1. The second-order valence-corrected chi connectivity index (χ2v) is 8.44. The summed E-state index contributed by atoms with van der Waals surface area (Å²) in [4.78, 5) is 26.3. The lowest BCUT2D eigenvalue weighted by molar-refractivity contribution is -0.140.